The molecular formula is C16H9ClF3N3O2. The van der Waals surface area contributed by atoms with Crippen LogP contribution in [0.3, 0.4) is 0 Å². The molecule has 3 aromatic rings. The van der Waals surface area contributed by atoms with E-state index in [0.717, 1.165) is 12.1 Å². The van der Waals surface area contributed by atoms with Crippen LogP contribution in [0.25, 0.3) is 22.6 Å². The number of imidazole rings is 1. The molecule has 0 saturated heterocycles. The van der Waals surface area contributed by atoms with E-state index in [1.54, 1.807) is 24.3 Å². The first-order valence-corrected chi connectivity index (χ1v) is 7.31. The third-order valence-electron chi connectivity index (χ3n) is 3.45. The fraction of sp³-hybridized carbons (Fsp3) is 0.0625. The van der Waals surface area contributed by atoms with E-state index in [1.165, 1.54) is 12.1 Å². The highest BCUT2D eigenvalue weighted by Crippen LogP contribution is 2.35. The smallest absolute Gasteiger partial charge is 0.358 e. The van der Waals surface area contributed by atoms with Crippen LogP contribution in [-0.4, -0.2) is 14.9 Å². The SMILES string of the molecule is O=[N+]([O-])c1[nH]c(-c2ccc(Cl)cc2)nc1-c1cccc(C(F)(F)F)c1. The van der Waals surface area contributed by atoms with Crippen molar-refractivity contribution in [3.8, 4) is 22.6 Å². The number of rotatable bonds is 3. The molecule has 0 atom stereocenters. The highest BCUT2D eigenvalue weighted by molar-refractivity contribution is 6.30. The molecular weight excluding hydrogens is 359 g/mol. The zero-order valence-electron chi connectivity index (χ0n) is 12.3. The number of aromatic amines is 1. The summed E-state index contributed by atoms with van der Waals surface area (Å²) in [7, 11) is 0. The molecule has 128 valence electrons. The summed E-state index contributed by atoms with van der Waals surface area (Å²) in [6, 6.07) is 10.6. The van der Waals surface area contributed by atoms with Crippen LogP contribution in [0.5, 0.6) is 0 Å². The van der Waals surface area contributed by atoms with Crippen molar-refractivity contribution in [1.29, 1.82) is 0 Å². The van der Waals surface area contributed by atoms with Crippen LogP contribution in [0.2, 0.25) is 5.02 Å². The Bertz CT molecular complexity index is 937. The number of aromatic nitrogens is 2. The maximum atomic E-state index is 12.9. The Kier molecular flexibility index (Phi) is 4.22. The molecule has 0 fully saturated rings. The molecule has 25 heavy (non-hydrogen) atoms. The molecule has 1 heterocycles. The second kappa shape index (κ2) is 6.21. The molecule has 0 spiro atoms. The van der Waals surface area contributed by atoms with Gasteiger partial charge in [-0.1, -0.05) is 23.7 Å². The quantitative estimate of drug-likeness (QED) is 0.502. The van der Waals surface area contributed by atoms with Gasteiger partial charge >= 0.3 is 12.0 Å². The lowest BCUT2D eigenvalue weighted by molar-refractivity contribution is -0.388. The van der Waals surface area contributed by atoms with Gasteiger partial charge in [-0.2, -0.15) is 18.2 Å². The van der Waals surface area contributed by atoms with Gasteiger partial charge in [0, 0.05) is 16.1 Å². The van der Waals surface area contributed by atoms with E-state index in [1.807, 2.05) is 0 Å². The average molecular weight is 368 g/mol. The summed E-state index contributed by atoms with van der Waals surface area (Å²) in [5.41, 5.74) is -0.555. The Labute approximate surface area is 144 Å². The predicted octanol–water partition coefficient (Wildman–Crippen LogP) is 5.32. The topological polar surface area (TPSA) is 71.8 Å². The van der Waals surface area contributed by atoms with Gasteiger partial charge in [0.2, 0.25) is 5.82 Å². The maximum absolute atomic E-state index is 12.9. The standard InChI is InChI=1S/C16H9ClF3N3O2/c17-12-6-4-9(5-7-12)14-21-13(15(22-14)23(24)25)10-2-1-3-11(8-10)16(18,19)20/h1-8H,(H,21,22). The Morgan fingerprint density at radius 2 is 1.76 bits per heavy atom. The summed E-state index contributed by atoms with van der Waals surface area (Å²) in [6.45, 7) is 0. The number of hydrogen-bond donors (Lipinski definition) is 1. The van der Waals surface area contributed by atoms with Crippen molar-refractivity contribution >= 4 is 17.4 Å². The molecule has 5 nitrogen and oxygen atoms in total. The third kappa shape index (κ3) is 3.48. The minimum Gasteiger partial charge on any atom is -0.358 e. The van der Waals surface area contributed by atoms with Gasteiger partial charge in [0.05, 0.1) is 5.56 Å². The molecule has 3 rings (SSSR count). The van der Waals surface area contributed by atoms with Crippen LogP contribution in [-0.2, 0) is 6.18 Å². The van der Waals surface area contributed by atoms with Crippen molar-refractivity contribution in [2.75, 3.05) is 0 Å². The van der Waals surface area contributed by atoms with Gasteiger partial charge < -0.3 is 10.1 Å². The highest BCUT2D eigenvalue weighted by atomic mass is 35.5. The van der Waals surface area contributed by atoms with Gasteiger partial charge in [0.1, 0.15) is 0 Å². The van der Waals surface area contributed by atoms with Crippen LogP contribution >= 0.6 is 11.6 Å². The molecule has 9 heteroatoms. The summed E-state index contributed by atoms with van der Waals surface area (Å²) < 4.78 is 38.6. The highest BCUT2D eigenvalue weighted by Gasteiger charge is 2.31. The molecule has 0 radical (unpaired) electrons. The Morgan fingerprint density at radius 1 is 1.08 bits per heavy atom. The van der Waals surface area contributed by atoms with Crippen molar-refractivity contribution in [2.24, 2.45) is 0 Å². The molecule has 1 aromatic heterocycles. The van der Waals surface area contributed by atoms with E-state index in [4.69, 9.17) is 11.6 Å². The number of H-pyrrole nitrogens is 1. The van der Waals surface area contributed by atoms with Gasteiger partial charge in [-0.25, -0.2) is 4.98 Å². The first kappa shape index (κ1) is 17.0. The molecule has 0 aliphatic heterocycles. The molecule has 0 amide bonds. The number of hydrogen-bond acceptors (Lipinski definition) is 3. The molecule has 0 bridgehead atoms. The van der Waals surface area contributed by atoms with Crippen molar-refractivity contribution < 1.29 is 18.1 Å². The second-order valence-corrected chi connectivity index (χ2v) is 5.56. The van der Waals surface area contributed by atoms with Crippen molar-refractivity contribution in [1.82, 2.24) is 9.97 Å². The summed E-state index contributed by atoms with van der Waals surface area (Å²) in [4.78, 5) is 17.2. The van der Waals surface area contributed by atoms with E-state index < -0.39 is 22.5 Å². The fourth-order valence-corrected chi connectivity index (χ4v) is 2.41. The van der Waals surface area contributed by atoms with Crippen LogP contribution in [0.15, 0.2) is 48.5 Å². The number of nitrogens with one attached hydrogen (secondary N) is 1. The van der Waals surface area contributed by atoms with E-state index in [2.05, 4.69) is 9.97 Å². The zero-order valence-corrected chi connectivity index (χ0v) is 13.1. The zero-order chi connectivity index (χ0) is 18.2. The molecule has 2 aromatic carbocycles. The Balaban J connectivity index is 2.13. The lowest BCUT2D eigenvalue weighted by atomic mass is 10.1. The van der Waals surface area contributed by atoms with Crippen molar-refractivity contribution in [2.45, 2.75) is 6.18 Å². The summed E-state index contributed by atoms with van der Waals surface area (Å²) >= 11 is 5.80. The summed E-state index contributed by atoms with van der Waals surface area (Å²) in [5, 5.41) is 11.7. The largest absolute Gasteiger partial charge is 0.416 e. The predicted molar refractivity (Wildman–Crippen MR) is 86.1 cm³/mol. The van der Waals surface area contributed by atoms with Crippen molar-refractivity contribution in [3.05, 3.63) is 69.2 Å². The number of nitro groups is 1. The van der Waals surface area contributed by atoms with Crippen LogP contribution in [0, 0.1) is 10.1 Å². The first-order chi connectivity index (χ1) is 11.8. The fourth-order valence-electron chi connectivity index (χ4n) is 2.28. The molecule has 0 aliphatic carbocycles. The minimum atomic E-state index is -4.56. The first-order valence-electron chi connectivity index (χ1n) is 6.93. The van der Waals surface area contributed by atoms with Crippen LogP contribution in [0.1, 0.15) is 5.56 Å². The average Bonchev–Trinajstić information content (AvgIpc) is 3.00. The van der Waals surface area contributed by atoms with Gasteiger partial charge in [0.15, 0.2) is 5.69 Å². The van der Waals surface area contributed by atoms with E-state index in [0.29, 0.717) is 10.6 Å². The Morgan fingerprint density at radius 3 is 2.36 bits per heavy atom. The van der Waals surface area contributed by atoms with E-state index in [9.17, 15) is 23.3 Å². The minimum absolute atomic E-state index is 0.00186. The van der Waals surface area contributed by atoms with Gasteiger partial charge in [0.25, 0.3) is 0 Å². The molecule has 0 saturated carbocycles. The number of alkyl halides is 3. The maximum Gasteiger partial charge on any atom is 0.416 e. The molecule has 1 N–H and O–H groups in total. The third-order valence-corrected chi connectivity index (χ3v) is 3.70. The lowest BCUT2D eigenvalue weighted by Crippen LogP contribution is -2.04. The lowest BCUT2D eigenvalue weighted by Gasteiger charge is -2.07. The van der Waals surface area contributed by atoms with E-state index in [-0.39, 0.29) is 17.1 Å². The van der Waals surface area contributed by atoms with Gasteiger partial charge in [-0.3, -0.25) is 0 Å². The van der Waals surface area contributed by atoms with Gasteiger partial charge in [-0.15, -0.1) is 0 Å². The van der Waals surface area contributed by atoms with Gasteiger partial charge in [-0.05, 0) is 41.3 Å². The van der Waals surface area contributed by atoms with E-state index >= 15 is 0 Å². The van der Waals surface area contributed by atoms with Crippen LogP contribution < -0.4 is 0 Å². The molecule has 0 unspecified atom stereocenters. The van der Waals surface area contributed by atoms with Crippen molar-refractivity contribution in [3.63, 3.8) is 0 Å². The monoisotopic (exact) mass is 367 g/mol. The number of halogens is 4. The summed E-state index contributed by atoms with van der Waals surface area (Å²) in [6.07, 6.45) is -4.56. The molecule has 0 aliphatic rings. The normalized spacial score (nSPS) is 11.5. The Hall–Kier alpha value is -2.87. The summed E-state index contributed by atoms with van der Waals surface area (Å²) in [5.74, 6) is -0.319. The second-order valence-electron chi connectivity index (χ2n) is 5.13. The number of benzene rings is 2. The van der Waals surface area contributed by atoms with Crippen LogP contribution in [0.4, 0.5) is 19.0 Å². The number of nitrogens with zero attached hydrogens (tertiary/aromatic N) is 2.